The Hall–Kier alpha value is -2.56. The topological polar surface area (TPSA) is 172 Å². The Morgan fingerprint density at radius 1 is 0.542 bits per heavy atom. The molecule has 0 aliphatic rings. The number of phosphoric ester groups is 1. The molecule has 0 aliphatic heterocycles. The Balaban J connectivity index is 4.26. The normalized spacial score (nSPS) is 14.1. The van der Waals surface area contributed by atoms with Crippen molar-refractivity contribution in [2.24, 2.45) is 5.73 Å². The Kier molecular flexibility index (Phi) is 40.3. The third-order valence-electron chi connectivity index (χ3n) is 9.87. The highest BCUT2D eigenvalue weighted by Crippen LogP contribution is 2.43. The molecule has 0 aromatic rings. The molecule has 0 aliphatic carbocycles. The molecule has 0 saturated heterocycles. The van der Waals surface area contributed by atoms with Crippen molar-refractivity contribution in [2.45, 2.75) is 212 Å². The molecule has 59 heavy (non-hydrogen) atoms. The van der Waals surface area contributed by atoms with E-state index in [9.17, 15) is 23.8 Å². The lowest BCUT2D eigenvalue weighted by molar-refractivity contribution is -0.161. The van der Waals surface area contributed by atoms with Crippen LogP contribution in [0.15, 0.2) is 48.6 Å². The summed E-state index contributed by atoms with van der Waals surface area (Å²) in [5, 5.41) is 8.89. The van der Waals surface area contributed by atoms with E-state index in [0.29, 0.717) is 12.8 Å². The van der Waals surface area contributed by atoms with Gasteiger partial charge in [0.15, 0.2) is 6.10 Å². The number of carboxylic acid groups (broad SMARTS) is 1. The van der Waals surface area contributed by atoms with Crippen molar-refractivity contribution in [3.8, 4) is 0 Å². The van der Waals surface area contributed by atoms with Crippen LogP contribution in [0.25, 0.3) is 0 Å². The second-order valence-electron chi connectivity index (χ2n) is 15.6. The van der Waals surface area contributed by atoms with E-state index in [1.54, 1.807) is 0 Å². The van der Waals surface area contributed by atoms with Crippen LogP contribution in [-0.2, 0) is 37.5 Å². The van der Waals surface area contributed by atoms with E-state index in [-0.39, 0.29) is 19.4 Å². The number of carboxylic acids is 1. The van der Waals surface area contributed by atoms with E-state index < -0.39 is 51.1 Å². The summed E-state index contributed by atoms with van der Waals surface area (Å²) in [4.78, 5) is 46.0. The molecule has 0 aromatic heterocycles. The van der Waals surface area contributed by atoms with Crippen LogP contribution in [0.4, 0.5) is 0 Å². The highest BCUT2D eigenvalue weighted by Gasteiger charge is 2.28. The number of phosphoric acid groups is 1. The number of unbranched alkanes of at least 4 members (excludes halogenated alkanes) is 23. The number of ether oxygens (including phenoxy) is 2. The Labute approximate surface area is 358 Å². The first kappa shape index (κ1) is 56.4. The molecule has 12 heteroatoms. The van der Waals surface area contributed by atoms with Crippen molar-refractivity contribution in [2.75, 3.05) is 19.8 Å². The van der Waals surface area contributed by atoms with Gasteiger partial charge in [-0.1, -0.05) is 178 Å². The SMILES string of the molecule is CC/C=C/C=C/C=C/CCCCCCCC(=O)OC(COC(=O)CCCCCCCCC/C=C/CCCCCCCCCCCCC)COP(=O)(O)OC[C@@H](N)C(=O)O. The molecule has 0 fully saturated rings. The minimum Gasteiger partial charge on any atom is -0.480 e. The monoisotopic (exact) mass is 854 g/mol. The van der Waals surface area contributed by atoms with Gasteiger partial charge in [-0.25, -0.2) is 4.57 Å². The number of hydrogen-bond acceptors (Lipinski definition) is 9. The molecule has 2 unspecified atom stereocenters. The zero-order valence-electron chi connectivity index (χ0n) is 37.1. The molecule has 0 rings (SSSR count). The van der Waals surface area contributed by atoms with Crippen molar-refractivity contribution < 1.29 is 47.5 Å². The van der Waals surface area contributed by atoms with Gasteiger partial charge in [-0.3, -0.25) is 23.4 Å². The van der Waals surface area contributed by atoms with Crippen molar-refractivity contribution in [3.05, 3.63) is 48.6 Å². The third kappa shape index (κ3) is 41.9. The molecular weight excluding hydrogens is 769 g/mol. The van der Waals surface area contributed by atoms with Crippen molar-refractivity contribution >= 4 is 25.7 Å². The van der Waals surface area contributed by atoms with Crippen molar-refractivity contribution in [1.82, 2.24) is 0 Å². The lowest BCUT2D eigenvalue weighted by Crippen LogP contribution is -2.34. The van der Waals surface area contributed by atoms with Gasteiger partial charge < -0.3 is 25.2 Å². The zero-order valence-corrected chi connectivity index (χ0v) is 38.0. The molecule has 342 valence electrons. The van der Waals surface area contributed by atoms with Crippen LogP contribution in [0.5, 0.6) is 0 Å². The lowest BCUT2D eigenvalue weighted by Gasteiger charge is -2.20. The summed E-state index contributed by atoms with van der Waals surface area (Å²) < 4.78 is 32.7. The third-order valence-corrected chi connectivity index (χ3v) is 10.8. The summed E-state index contributed by atoms with van der Waals surface area (Å²) in [5.41, 5.74) is 5.33. The maximum absolute atomic E-state index is 12.6. The standard InChI is InChI=1S/C47H84NO10P/c1-3-5-7-9-11-13-15-17-18-19-20-21-22-23-24-25-27-28-30-32-34-36-38-45(49)55-40-43(41-56-59(53,54)57-42-44(48)47(51)52)58-46(50)39-37-35-33-31-29-26-16-14-12-10-8-6-4-2/h6,8,10,12,14,16,22-23,43-44H,3-5,7,9,11,13,15,17-21,24-42,48H2,1-2H3,(H,51,52)(H,53,54)/b8-6+,12-10+,16-14+,23-22+/t43?,44-/m1/s1. The number of carbonyl (C=O) groups excluding carboxylic acids is 2. The number of allylic oxidation sites excluding steroid dienone is 8. The summed E-state index contributed by atoms with van der Waals surface area (Å²) in [7, 11) is -4.72. The molecule has 0 spiro atoms. The quantitative estimate of drug-likeness (QED) is 0.0175. The van der Waals surface area contributed by atoms with Gasteiger partial charge in [-0.05, 0) is 57.8 Å². The lowest BCUT2D eigenvalue weighted by atomic mass is 10.0. The molecule has 0 aromatic carbocycles. The molecule has 0 bridgehead atoms. The average Bonchev–Trinajstić information content (AvgIpc) is 3.21. The van der Waals surface area contributed by atoms with Gasteiger partial charge in [0, 0.05) is 12.8 Å². The second kappa shape index (κ2) is 42.1. The van der Waals surface area contributed by atoms with E-state index in [0.717, 1.165) is 64.2 Å². The molecule has 11 nitrogen and oxygen atoms in total. The smallest absolute Gasteiger partial charge is 0.472 e. The van der Waals surface area contributed by atoms with E-state index in [1.165, 1.54) is 96.3 Å². The fourth-order valence-electron chi connectivity index (χ4n) is 6.24. The van der Waals surface area contributed by atoms with E-state index >= 15 is 0 Å². The summed E-state index contributed by atoms with van der Waals surface area (Å²) in [6, 6.07) is -1.53. The predicted molar refractivity (Wildman–Crippen MR) is 240 cm³/mol. The Morgan fingerprint density at radius 3 is 1.46 bits per heavy atom. The maximum Gasteiger partial charge on any atom is 0.472 e. The molecule has 0 amide bonds. The van der Waals surface area contributed by atoms with Gasteiger partial charge >= 0.3 is 25.7 Å². The number of carbonyl (C=O) groups is 3. The molecular formula is C47H84NO10P. The van der Waals surface area contributed by atoms with Crippen LogP contribution in [0.1, 0.15) is 200 Å². The first-order valence-corrected chi connectivity index (χ1v) is 24.7. The van der Waals surface area contributed by atoms with E-state index in [2.05, 4.69) is 42.7 Å². The fourth-order valence-corrected chi connectivity index (χ4v) is 7.01. The van der Waals surface area contributed by atoms with Crippen LogP contribution in [-0.4, -0.2) is 59.9 Å². The fraction of sp³-hybridized carbons (Fsp3) is 0.766. The predicted octanol–water partition coefficient (Wildman–Crippen LogP) is 12.6. The van der Waals surface area contributed by atoms with Gasteiger partial charge in [0.25, 0.3) is 0 Å². The Morgan fingerprint density at radius 2 is 0.966 bits per heavy atom. The molecule has 4 N–H and O–H groups in total. The first-order chi connectivity index (χ1) is 28.6. The summed E-state index contributed by atoms with van der Waals surface area (Å²) >= 11 is 0. The Bertz CT molecular complexity index is 1190. The van der Waals surface area contributed by atoms with Crippen LogP contribution in [0.3, 0.4) is 0 Å². The molecule has 0 heterocycles. The van der Waals surface area contributed by atoms with Gasteiger partial charge in [0.1, 0.15) is 12.6 Å². The van der Waals surface area contributed by atoms with Crippen LogP contribution >= 0.6 is 7.82 Å². The number of rotatable bonds is 43. The number of aliphatic carboxylic acids is 1. The summed E-state index contributed by atoms with van der Waals surface area (Å²) in [5.74, 6) is -2.41. The number of hydrogen-bond donors (Lipinski definition) is 3. The van der Waals surface area contributed by atoms with Crippen LogP contribution < -0.4 is 5.73 Å². The van der Waals surface area contributed by atoms with Gasteiger partial charge in [0.2, 0.25) is 0 Å². The highest BCUT2D eigenvalue weighted by molar-refractivity contribution is 7.47. The van der Waals surface area contributed by atoms with Gasteiger partial charge in [-0.2, -0.15) is 0 Å². The summed E-state index contributed by atoms with van der Waals surface area (Å²) in [6.45, 7) is 2.65. The molecule has 0 saturated carbocycles. The second-order valence-corrected chi connectivity index (χ2v) is 17.0. The highest BCUT2D eigenvalue weighted by atomic mass is 31.2. The zero-order chi connectivity index (χ0) is 43.5. The average molecular weight is 854 g/mol. The minimum absolute atomic E-state index is 0.136. The summed E-state index contributed by atoms with van der Waals surface area (Å²) in [6.07, 6.45) is 47.6. The number of esters is 2. The van der Waals surface area contributed by atoms with Gasteiger partial charge in [0.05, 0.1) is 13.2 Å². The van der Waals surface area contributed by atoms with E-state index in [4.69, 9.17) is 24.8 Å². The minimum atomic E-state index is -4.72. The van der Waals surface area contributed by atoms with Crippen LogP contribution in [0, 0.1) is 0 Å². The van der Waals surface area contributed by atoms with Crippen molar-refractivity contribution in [1.29, 1.82) is 0 Å². The first-order valence-electron chi connectivity index (χ1n) is 23.2. The van der Waals surface area contributed by atoms with Crippen molar-refractivity contribution in [3.63, 3.8) is 0 Å². The molecule has 3 atom stereocenters. The van der Waals surface area contributed by atoms with E-state index in [1.807, 2.05) is 24.3 Å². The maximum atomic E-state index is 12.6. The number of nitrogens with two attached hydrogens (primary N) is 1. The molecule has 0 radical (unpaired) electrons. The van der Waals surface area contributed by atoms with Crippen LogP contribution in [0.2, 0.25) is 0 Å². The largest absolute Gasteiger partial charge is 0.480 e. The van der Waals surface area contributed by atoms with Gasteiger partial charge in [-0.15, -0.1) is 0 Å².